The third-order valence-corrected chi connectivity index (χ3v) is 6.05. The van der Waals surface area contributed by atoms with E-state index < -0.39 is 0 Å². The summed E-state index contributed by atoms with van der Waals surface area (Å²) in [4.78, 5) is 14.2. The number of guanidine groups is 1. The maximum atomic E-state index is 5.73. The highest BCUT2D eigenvalue weighted by Crippen LogP contribution is 2.38. The van der Waals surface area contributed by atoms with E-state index in [1.165, 1.54) is 0 Å². The minimum absolute atomic E-state index is 0.236. The van der Waals surface area contributed by atoms with Crippen molar-refractivity contribution < 1.29 is 13.9 Å². The van der Waals surface area contributed by atoms with Crippen LogP contribution in [0, 0.1) is 0 Å². The van der Waals surface area contributed by atoms with Gasteiger partial charge in [0.1, 0.15) is 23.4 Å². The van der Waals surface area contributed by atoms with Gasteiger partial charge >= 0.3 is 0 Å². The minimum Gasteiger partial charge on any atom is -0.497 e. The normalized spacial score (nSPS) is 17.8. The first-order valence-electron chi connectivity index (χ1n) is 10.8. The Kier molecular flexibility index (Phi) is 4.69. The summed E-state index contributed by atoms with van der Waals surface area (Å²) in [6.45, 7) is 1.88. The molecule has 0 unspecified atom stereocenters. The van der Waals surface area contributed by atoms with Crippen LogP contribution in [0.15, 0.2) is 70.3 Å². The number of ether oxygens (including phenoxy) is 2. The fourth-order valence-electron chi connectivity index (χ4n) is 4.49. The van der Waals surface area contributed by atoms with Gasteiger partial charge in [-0.1, -0.05) is 12.1 Å². The molecule has 1 N–H and O–H groups in total. The van der Waals surface area contributed by atoms with E-state index in [9.17, 15) is 0 Å². The smallest absolute Gasteiger partial charge is 0.216 e. The van der Waals surface area contributed by atoms with Gasteiger partial charge in [0.25, 0.3) is 0 Å². The van der Waals surface area contributed by atoms with Crippen molar-refractivity contribution in [3.8, 4) is 11.5 Å². The number of benzene rings is 2. The molecular formula is C24H24N6O3. The molecule has 0 radical (unpaired) electrons. The summed E-state index contributed by atoms with van der Waals surface area (Å²) in [6, 6.07) is 17.9. The highest BCUT2D eigenvalue weighted by Gasteiger charge is 2.37. The fraction of sp³-hybridized carbons (Fsp3) is 0.250. The quantitative estimate of drug-likeness (QED) is 0.505. The molecule has 1 atom stereocenters. The second kappa shape index (κ2) is 7.86. The number of hydrogen-bond acceptors (Lipinski definition) is 8. The molecule has 0 spiro atoms. The number of furan rings is 1. The van der Waals surface area contributed by atoms with Gasteiger partial charge < -0.3 is 19.2 Å². The molecule has 2 aromatic heterocycles. The number of methoxy groups -OCH3 is 2. The van der Waals surface area contributed by atoms with Crippen LogP contribution in [0.25, 0.3) is 11.0 Å². The third kappa shape index (κ3) is 3.28. The lowest BCUT2D eigenvalue weighted by molar-refractivity contribution is 0.242. The Morgan fingerprint density at radius 2 is 2.00 bits per heavy atom. The highest BCUT2D eigenvalue weighted by atomic mass is 16.5. The number of imidazole rings is 1. The number of hydrogen-bond donors (Lipinski definition) is 1. The lowest BCUT2D eigenvalue weighted by Crippen LogP contribution is -2.57. The standard InChI is InChI=1S/C24H24N6O3/c1-31-16-9-10-18(21(12-16)32-2)22-27-23-25-14-28(13-17-6-5-11-33-17)15-29(23)24-26-19-7-3-4-8-20(19)30(22)24/h3-12,22H,13-15H2,1-2H3,(H,25,27)/t22-/m1/s1. The molecule has 0 fully saturated rings. The summed E-state index contributed by atoms with van der Waals surface area (Å²) in [6.07, 6.45) is 1.46. The number of rotatable bonds is 5. The molecule has 9 nitrogen and oxygen atoms in total. The van der Waals surface area contributed by atoms with Gasteiger partial charge in [-0.25, -0.2) is 9.98 Å². The Morgan fingerprint density at radius 1 is 1.09 bits per heavy atom. The van der Waals surface area contributed by atoms with Crippen LogP contribution < -0.4 is 19.7 Å². The molecule has 33 heavy (non-hydrogen) atoms. The van der Waals surface area contributed by atoms with Crippen molar-refractivity contribution in [1.29, 1.82) is 0 Å². The van der Waals surface area contributed by atoms with Crippen LogP contribution in [-0.2, 0) is 6.54 Å². The van der Waals surface area contributed by atoms with Crippen molar-refractivity contribution in [2.24, 2.45) is 4.99 Å². The van der Waals surface area contributed by atoms with Gasteiger partial charge in [0.15, 0.2) is 0 Å². The maximum absolute atomic E-state index is 5.73. The van der Waals surface area contributed by atoms with Crippen LogP contribution >= 0.6 is 0 Å². The van der Waals surface area contributed by atoms with Crippen molar-refractivity contribution >= 4 is 22.9 Å². The Morgan fingerprint density at radius 3 is 2.82 bits per heavy atom. The molecule has 2 aromatic carbocycles. The lowest BCUT2D eigenvalue weighted by Gasteiger charge is -2.41. The summed E-state index contributed by atoms with van der Waals surface area (Å²) in [5.74, 6) is 4.01. The van der Waals surface area contributed by atoms with Crippen LogP contribution in [0.2, 0.25) is 0 Å². The molecule has 4 heterocycles. The first-order valence-corrected chi connectivity index (χ1v) is 10.8. The fourth-order valence-corrected chi connectivity index (χ4v) is 4.49. The Bertz CT molecular complexity index is 1330. The predicted octanol–water partition coefficient (Wildman–Crippen LogP) is 3.39. The Hall–Kier alpha value is -3.98. The number of para-hydroxylation sites is 2. The summed E-state index contributed by atoms with van der Waals surface area (Å²) in [7, 11) is 3.32. The zero-order valence-electron chi connectivity index (χ0n) is 18.4. The molecule has 9 heteroatoms. The van der Waals surface area contributed by atoms with E-state index in [4.69, 9.17) is 23.9 Å². The van der Waals surface area contributed by atoms with Crippen LogP contribution in [0.4, 0.5) is 5.95 Å². The van der Waals surface area contributed by atoms with Crippen LogP contribution in [0.5, 0.6) is 11.5 Å². The van der Waals surface area contributed by atoms with E-state index in [1.54, 1.807) is 20.5 Å². The SMILES string of the molecule is COc1ccc([C@@H]2NC3=NCN(Cc4ccco4)CN3c3nc4ccccc4n32)c(OC)c1. The number of anilines is 1. The molecule has 0 saturated heterocycles. The lowest BCUT2D eigenvalue weighted by atomic mass is 10.1. The Labute approximate surface area is 190 Å². The molecule has 2 aliphatic heterocycles. The van der Waals surface area contributed by atoms with E-state index in [-0.39, 0.29) is 6.17 Å². The number of aliphatic imine (C=N–C) groups is 1. The van der Waals surface area contributed by atoms with Gasteiger partial charge in [-0.05, 0) is 36.4 Å². The zero-order valence-corrected chi connectivity index (χ0v) is 18.4. The van der Waals surface area contributed by atoms with Gasteiger partial charge in [0.05, 0.1) is 51.4 Å². The number of nitrogens with zero attached hydrogens (tertiary/aromatic N) is 5. The average molecular weight is 444 g/mol. The van der Waals surface area contributed by atoms with Crippen molar-refractivity contribution in [3.05, 3.63) is 72.2 Å². The van der Waals surface area contributed by atoms with E-state index in [0.717, 1.165) is 45.8 Å². The summed E-state index contributed by atoms with van der Waals surface area (Å²) >= 11 is 0. The molecule has 168 valence electrons. The molecule has 2 aliphatic rings. The van der Waals surface area contributed by atoms with E-state index in [2.05, 4.69) is 25.8 Å². The van der Waals surface area contributed by atoms with Crippen LogP contribution in [0.1, 0.15) is 17.5 Å². The zero-order chi connectivity index (χ0) is 22.4. The Balaban J connectivity index is 1.45. The second-order valence-electron chi connectivity index (χ2n) is 8.03. The minimum atomic E-state index is -0.236. The molecule has 0 saturated carbocycles. The summed E-state index contributed by atoms with van der Waals surface area (Å²) in [5.41, 5.74) is 2.93. The van der Waals surface area contributed by atoms with E-state index in [1.807, 2.05) is 48.5 Å². The van der Waals surface area contributed by atoms with E-state index in [0.29, 0.717) is 19.9 Å². The van der Waals surface area contributed by atoms with Crippen molar-refractivity contribution in [2.75, 3.05) is 32.5 Å². The van der Waals surface area contributed by atoms with Crippen LogP contribution in [-0.4, -0.2) is 48.0 Å². The first kappa shape index (κ1) is 19.7. The molecule has 0 amide bonds. The second-order valence-corrected chi connectivity index (χ2v) is 8.03. The molecule has 6 rings (SSSR count). The maximum Gasteiger partial charge on any atom is 0.216 e. The monoisotopic (exact) mass is 444 g/mol. The highest BCUT2D eigenvalue weighted by molar-refractivity contribution is 5.99. The molecule has 0 bridgehead atoms. The molecule has 0 aliphatic carbocycles. The number of aromatic nitrogens is 2. The van der Waals surface area contributed by atoms with Gasteiger partial charge in [-0.15, -0.1) is 0 Å². The van der Waals surface area contributed by atoms with Gasteiger partial charge in [-0.2, -0.15) is 0 Å². The first-order chi connectivity index (χ1) is 16.2. The summed E-state index contributed by atoms with van der Waals surface area (Å²) in [5, 5.41) is 3.63. The van der Waals surface area contributed by atoms with Crippen molar-refractivity contribution in [3.63, 3.8) is 0 Å². The van der Waals surface area contributed by atoms with Gasteiger partial charge in [-0.3, -0.25) is 14.4 Å². The summed E-state index contributed by atoms with van der Waals surface area (Å²) < 4.78 is 18.9. The van der Waals surface area contributed by atoms with Crippen molar-refractivity contribution in [1.82, 2.24) is 19.8 Å². The molecule has 4 aromatic rings. The topological polar surface area (TPSA) is 80.3 Å². The number of nitrogens with one attached hydrogen (secondary N) is 1. The van der Waals surface area contributed by atoms with E-state index >= 15 is 0 Å². The number of fused-ring (bicyclic) bond motifs is 5. The third-order valence-electron chi connectivity index (χ3n) is 6.05. The van der Waals surface area contributed by atoms with Gasteiger partial charge in [0.2, 0.25) is 11.9 Å². The predicted molar refractivity (Wildman–Crippen MR) is 124 cm³/mol. The van der Waals surface area contributed by atoms with Crippen LogP contribution in [0.3, 0.4) is 0 Å². The van der Waals surface area contributed by atoms with Crippen molar-refractivity contribution in [2.45, 2.75) is 12.7 Å². The average Bonchev–Trinajstić information content (AvgIpc) is 3.51. The largest absolute Gasteiger partial charge is 0.497 e. The molecular weight excluding hydrogens is 420 g/mol. The van der Waals surface area contributed by atoms with Gasteiger partial charge in [0, 0.05) is 11.6 Å².